The number of aromatic nitrogens is 4. The number of ketones is 1. The van der Waals surface area contributed by atoms with Crippen molar-refractivity contribution in [3.8, 4) is 5.75 Å². The number of carbonyl (C=O) groups is 2. The summed E-state index contributed by atoms with van der Waals surface area (Å²) < 4.78 is 8.93. The van der Waals surface area contributed by atoms with Gasteiger partial charge in [0.2, 0.25) is 0 Å². The number of Topliss-reactive ketones (excluding diaryl/α,β-unsaturated/α-hetero) is 1. The molecule has 33 heavy (non-hydrogen) atoms. The van der Waals surface area contributed by atoms with Crippen LogP contribution >= 0.6 is 0 Å². The summed E-state index contributed by atoms with van der Waals surface area (Å²) in [6.45, 7) is 4.57. The third-order valence-corrected chi connectivity index (χ3v) is 6.07. The van der Waals surface area contributed by atoms with Crippen LogP contribution in [-0.2, 0) is 23.2 Å². The molecule has 0 unspecified atom stereocenters. The van der Waals surface area contributed by atoms with Crippen LogP contribution < -0.4 is 4.74 Å². The van der Waals surface area contributed by atoms with Crippen LogP contribution in [0.4, 0.5) is 0 Å². The molecule has 4 rings (SSSR count). The topological polar surface area (TPSA) is 102 Å². The number of amides is 1. The van der Waals surface area contributed by atoms with Crippen LogP contribution in [0, 0.1) is 13.8 Å². The first kappa shape index (κ1) is 22.3. The summed E-state index contributed by atoms with van der Waals surface area (Å²) in [5.74, 6) is -0.938. The van der Waals surface area contributed by atoms with E-state index in [1.807, 2.05) is 23.8 Å². The molecule has 3 heterocycles. The van der Waals surface area contributed by atoms with E-state index in [2.05, 4.69) is 10.1 Å². The third kappa shape index (κ3) is 4.02. The molecule has 1 amide bonds. The summed E-state index contributed by atoms with van der Waals surface area (Å²) in [4.78, 5) is 31.9. The van der Waals surface area contributed by atoms with Gasteiger partial charge in [-0.2, -0.15) is 5.10 Å². The number of benzene rings is 1. The van der Waals surface area contributed by atoms with E-state index in [0.29, 0.717) is 47.8 Å². The smallest absolute Gasteiger partial charge is 0.295 e. The number of carbonyl (C=O) groups excluding carboxylic acids is 2. The van der Waals surface area contributed by atoms with Crippen LogP contribution in [0.15, 0.2) is 48.6 Å². The zero-order chi connectivity index (χ0) is 23.7. The highest BCUT2D eigenvalue weighted by molar-refractivity contribution is 6.46. The Morgan fingerprint density at radius 1 is 1.21 bits per heavy atom. The van der Waals surface area contributed by atoms with E-state index >= 15 is 0 Å². The molecule has 1 saturated heterocycles. The lowest BCUT2D eigenvalue weighted by Crippen LogP contribution is -2.31. The maximum Gasteiger partial charge on any atom is 0.295 e. The van der Waals surface area contributed by atoms with Crippen molar-refractivity contribution in [2.45, 2.75) is 32.9 Å². The maximum atomic E-state index is 13.2. The molecule has 0 saturated carbocycles. The van der Waals surface area contributed by atoms with Gasteiger partial charge in [0.05, 0.1) is 36.3 Å². The second-order valence-electron chi connectivity index (χ2n) is 8.09. The molecular weight excluding hydrogens is 422 g/mol. The van der Waals surface area contributed by atoms with Gasteiger partial charge in [0.25, 0.3) is 11.7 Å². The largest absolute Gasteiger partial charge is 0.507 e. The summed E-state index contributed by atoms with van der Waals surface area (Å²) in [5.41, 5.74) is 2.53. The number of imidazole rings is 1. The minimum atomic E-state index is -0.734. The van der Waals surface area contributed by atoms with Gasteiger partial charge in [-0.05, 0) is 38.0 Å². The first-order valence-electron chi connectivity index (χ1n) is 10.7. The van der Waals surface area contributed by atoms with Gasteiger partial charge in [0.15, 0.2) is 0 Å². The van der Waals surface area contributed by atoms with Gasteiger partial charge >= 0.3 is 0 Å². The van der Waals surface area contributed by atoms with Crippen LogP contribution in [0.2, 0.25) is 0 Å². The maximum absolute atomic E-state index is 13.2. The first-order chi connectivity index (χ1) is 15.8. The van der Waals surface area contributed by atoms with Crippen LogP contribution in [0.25, 0.3) is 5.76 Å². The summed E-state index contributed by atoms with van der Waals surface area (Å²) in [6.07, 6.45) is 5.87. The lowest BCUT2D eigenvalue weighted by atomic mass is 9.94. The molecule has 1 N–H and O–H groups in total. The van der Waals surface area contributed by atoms with E-state index in [0.717, 1.165) is 0 Å². The lowest BCUT2D eigenvalue weighted by molar-refractivity contribution is -0.139. The number of aliphatic hydroxyl groups excluding tert-OH is 1. The number of aryl methyl sites for hydroxylation is 3. The zero-order valence-corrected chi connectivity index (χ0v) is 19.1. The molecule has 3 aromatic rings. The van der Waals surface area contributed by atoms with E-state index < -0.39 is 17.7 Å². The van der Waals surface area contributed by atoms with Crippen LogP contribution in [0.1, 0.15) is 35.0 Å². The number of likely N-dealkylation sites (tertiary alicyclic amines) is 1. The number of aliphatic hydroxyl groups is 1. The molecule has 0 spiro atoms. The fourth-order valence-corrected chi connectivity index (χ4v) is 4.36. The highest BCUT2D eigenvalue weighted by Crippen LogP contribution is 2.41. The molecule has 1 atom stereocenters. The van der Waals surface area contributed by atoms with Crippen molar-refractivity contribution in [3.63, 3.8) is 0 Å². The SMILES string of the molecule is COc1cccc([C@H]2/C(=C(\O)c3c(C)nn(C)c3C)C(=O)C(=O)N2CCCn2ccnc2)c1. The number of rotatable bonds is 7. The molecule has 1 aliphatic rings. The molecule has 9 heteroatoms. The molecule has 1 fully saturated rings. The second kappa shape index (κ2) is 8.93. The second-order valence-corrected chi connectivity index (χ2v) is 8.09. The van der Waals surface area contributed by atoms with Crippen molar-refractivity contribution in [3.05, 3.63) is 71.1 Å². The molecule has 0 aliphatic carbocycles. The fourth-order valence-electron chi connectivity index (χ4n) is 4.36. The molecule has 9 nitrogen and oxygen atoms in total. The van der Waals surface area contributed by atoms with Crippen molar-refractivity contribution in [1.29, 1.82) is 0 Å². The third-order valence-electron chi connectivity index (χ3n) is 6.07. The van der Waals surface area contributed by atoms with Gasteiger partial charge in [0, 0.05) is 38.2 Å². The Bertz CT molecular complexity index is 1230. The summed E-state index contributed by atoms with van der Waals surface area (Å²) in [5, 5.41) is 15.7. The van der Waals surface area contributed by atoms with E-state index in [9.17, 15) is 14.7 Å². The molecule has 1 aliphatic heterocycles. The number of hydrogen-bond donors (Lipinski definition) is 1. The molecular formula is C24H27N5O4. The Hall–Kier alpha value is -3.88. The van der Waals surface area contributed by atoms with Crippen LogP contribution in [0.5, 0.6) is 5.75 Å². The van der Waals surface area contributed by atoms with Gasteiger partial charge in [-0.3, -0.25) is 14.3 Å². The summed E-state index contributed by atoms with van der Waals surface area (Å²) >= 11 is 0. The monoisotopic (exact) mass is 449 g/mol. The fraction of sp³-hybridized carbons (Fsp3) is 0.333. The Balaban J connectivity index is 1.79. The Kier molecular flexibility index (Phi) is 6.04. The minimum absolute atomic E-state index is 0.0649. The van der Waals surface area contributed by atoms with Crippen molar-refractivity contribution < 1.29 is 19.4 Å². The zero-order valence-electron chi connectivity index (χ0n) is 19.1. The van der Waals surface area contributed by atoms with Crippen molar-refractivity contribution >= 4 is 17.4 Å². The van der Waals surface area contributed by atoms with Crippen molar-refractivity contribution in [1.82, 2.24) is 24.2 Å². The average molecular weight is 450 g/mol. The van der Waals surface area contributed by atoms with Gasteiger partial charge in [-0.1, -0.05) is 12.1 Å². The minimum Gasteiger partial charge on any atom is -0.507 e. The van der Waals surface area contributed by atoms with E-state index in [4.69, 9.17) is 4.74 Å². The highest BCUT2D eigenvalue weighted by Gasteiger charge is 2.46. The standard InChI is InChI=1S/C24H27N5O4/c1-15-19(16(2)27(3)26-15)22(30)20-21(17-7-5-8-18(13-17)33-4)29(24(32)23(20)31)11-6-10-28-12-9-25-14-28/h5,7-9,12-14,21,30H,6,10-11H2,1-4H3/b22-20+/t21-/m0/s1. The number of methoxy groups -OCH3 is 1. The van der Waals surface area contributed by atoms with Crippen LogP contribution in [0.3, 0.4) is 0 Å². The highest BCUT2D eigenvalue weighted by atomic mass is 16.5. The van der Waals surface area contributed by atoms with E-state index in [1.54, 1.807) is 56.5 Å². The van der Waals surface area contributed by atoms with Gasteiger partial charge in [-0.25, -0.2) is 4.98 Å². The van der Waals surface area contributed by atoms with Gasteiger partial charge < -0.3 is 19.3 Å². The summed E-state index contributed by atoms with van der Waals surface area (Å²) in [7, 11) is 3.33. The molecule has 172 valence electrons. The Labute approximate surface area is 191 Å². The Morgan fingerprint density at radius 3 is 2.64 bits per heavy atom. The van der Waals surface area contributed by atoms with Crippen molar-refractivity contribution in [2.24, 2.45) is 7.05 Å². The lowest BCUT2D eigenvalue weighted by Gasteiger charge is -2.25. The molecule has 2 aromatic heterocycles. The molecule has 0 bridgehead atoms. The quantitative estimate of drug-likeness (QED) is 0.338. The number of ether oxygens (including phenoxy) is 1. The van der Waals surface area contributed by atoms with E-state index in [1.165, 1.54) is 4.90 Å². The van der Waals surface area contributed by atoms with Gasteiger partial charge in [0.1, 0.15) is 11.5 Å². The normalized spacial score (nSPS) is 17.7. The predicted molar refractivity (Wildman–Crippen MR) is 122 cm³/mol. The predicted octanol–water partition coefficient (Wildman–Crippen LogP) is 2.75. The molecule has 1 aromatic carbocycles. The van der Waals surface area contributed by atoms with Crippen LogP contribution in [-0.4, -0.2) is 54.7 Å². The Morgan fingerprint density at radius 2 is 2.00 bits per heavy atom. The summed E-state index contributed by atoms with van der Waals surface area (Å²) in [6, 6.07) is 6.49. The average Bonchev–Trinajstić information content (AvgIpc) is 3.47. The molecule has 0 radical (unpaired) electrons. The number of hydrogen-bond acceptors (Lipinski definition) is 6. The number of nitrogens with zero attached hydrogens (tertiary/aromatic N) is 5. The van der Waals surface area contributed by atoms with Crippen molar-refractivity contribution in [2.75, 3.05) is 13.7 Å². The first-order valence-corrected chi connectivity index (χ1v) is 10.7. The van der Waals surface area contributed by atoms with E-state index in [-0.39, 0.29) is 11.3 Å². The van der Waals surface area contributed by atoms with Gasteiger partial charge in [-0.15, -0.1) is 0 Å².